The fourth-order valence-corrected chi connectivity index (χ4v) is 6.98. The highest BCUT2D eigenvalue weighted by Crippen LogP contribution is 2.39. The van der Waals surface area contributed by atoms with Gasteiger partial charge in [-0.1, -0.05) is 17.7 Å². The van der Waals surface area contributed by atoms with Crippen molar-refractivity contribution in [1.29, 1.82) is 0 Å². The van der Waals surface area contributed by atoms with E-state index in [1.165, 1.54) is 28.1 Å². The van der Waals surface area contributed by atoms with Crippen LogP contribution in [0.2, 0.25) is 0 Å². The highest BCUT2D eigenvalue weighted by atomic mass is 32.1. The number of nitrogens with one attached hydrogen (secondary N) is 1. The summed E-state index contributed by atoms with van der Waals surface area (Å²) in [5, 5.41) is 4.19. The minimum Gasteiger partial charge on any atom is -0.372 e. The van der Waals surface area contributed by atoms with Gasteiger partial charge in [-0.15, -0.1) is 11.3 Å². The highest BCUT2D eigenvalue weighted by Gasteiger charge is 2.28. The average Bonchev–Trinajstić information content (AvgIpc) is 3.46. The van der Waals surface area contributed by atoms with Gasteiger partial charge < -0.3 is 14.8 Å². The van der Waals surface area contributed by atoms with E-state index in [1.807, 2.05) is 30.5 Å². The van der Waals surface area contributed by atoms with Crippen molar-refractivity contribution in [2.24, 2.45) is 4.99 Å². The van der Waals surface area contributed by atoms with Crippen molar-refractivity contribution in [3.63, 3.8) is 0 Å². The van der Waals surface area contributed by atoms with Crippen LogP contribution in [0.4, 0.5) is 17.1 Å². The number of rotatable bonds is 8. The summed E-state index contributed by atoms with van der Waals surface area (Å²) in [6.07, 6.45) is 6.26. The second-order valence-corrected chi connectivity index (χ2v) is 11.4. The van der Waals surface area contributed by atoms with Crippen LogP contribution in [0.3, 0.4) is 0 Å². The zero-order chi connectivity index (χ0) is 27.5. The molecular formula is C33H38N4OS. The molecule has 4 aromatic rings. The van der Waals surface area contributed by atoms with Crippen LogP contribution in [-0.2, 0) is 12.8 Å². The van der Waals surface area contributed by atoms with Gasteiger partial charge in [0, 0.05) is 52.5 Å². The molecule has 0 radical (unpaired) electrons. The fourth-order valence-electron chi connectivity index (χ4n) is 5.49. The molecule has 0 unspecified atom stereocenters. The van der Waals surface area contributed by atoms with Crippen LogP contribution in [0.5, 0.6) is 0 Å². The fraction of sp³-hybridized carbons (Fsp3) is 0.333. The Balaban J connectivity index is 1.47. The van der Waals surface area contributed by atoms with Crippen molar-refractivity contribution in [2.45, 2.75) is 60.3 Å². The van der Waals surface area contributed by atoms with Crippen molar-refractivity contribution in [3.05, 3.63) is 93.1 Å². The average molecular weight is 539 g/mol. The van der Waals surface area contributed by atoms with Crippen LogP contribution >= 0.6 is 11.3 Å². The number of aromatic nitrogens is 1. The van der Waals surface area contributed by atoms with E-state index in [0.29, 0.717) is 0 Å². The first kappa shape index (κ1) is 26.9. The van der Waals surface area contributed by atoms with Crippen LogP contribution in [0, 0.1) is 20.8 Å². The maximum absolute atomic E-state index is 13.7. The molecule has 39 heavy (non-hydrogen) atoms. The lowest BCUT2D eigenvalue weighted by Gasteiger charge is -2.20. The molecule has 5 nitrogen and oxygen atoms in total. The summed E-state index contributed by atoms with van der Waals surface area (Å²) in [6, 6.07) is 18.6. The van der Waals surface area contributed by atoms with Crippen molar-refractivity contribution >= 4 is 40.5 Å². The summed E-state index contributed by atoms with van der Waals surface area (Å²) in [5.41, 5.74) is 9.47. The SMILES string of the molecule is CCN(CC)c1ccc(N=Cc2cc(C)n(-c3sc4c(c3C(=O)Nc3ccc(C)cc3)CCCC4)c2C)cc1. The molecule has 6 heteroatoms. The number of fused-ring (bicyclic) bond motifs is 1. The largest absolute Gasteiger partial charge is 0.372 e. The van der Waals surface area contributed by atoms with Gasteiger partial charge in [-0.25, -0.2) is 0 Å². The summed E-state index contributed by atoms with van der Waals surface area (Å²) >= 11 is 1.77. The van der Waals surface area contributed by atoms with Crippen molar-refractivity contribution in [1.82, 2.24) is 4.57 Å². The zero-order valence-electron chi connectivity index (χ0n) is 23.7. The van der Waals surface area contributed by atoms with Crippen LogP contribution in [0.25, 0.3) is 5.00 Å². The van der Waals surface area contributed by atoms with Gasteiger partial charge in [0.25, 0.3) is 5.91 Å². The first-order valence-corrected chi connectivity index (χ1v) is 14.8. The molecule has 5 rings (SSSR count). The Morgan fingerprint density at radius 3 is 2.38 bits per heavy atom. The smallest absolute Gasteiger partial charge is 0.258 e. The Bertz CT molecular complexity index is 1490. The Kier molecular flexibility index (Phi) is 8.03. The van der Waals surface area contributed by atoms with E-state index >= 15 is 0 Å². The molecule has 0 aliphatic heterocycles. The number of benzene rings is 2. The number of anilines is 2. The van der Waals surface area contributed by atoms with Crippen molar-refractivity contribution in [3.8, 4) is 5.00 Å². The standard InChI is InChI=1S/C33H38N4OS/c1-6-36(7-2)28-18-16-26(17-19-28)34-21-25-20-23(4)37(24(25)5)33-31(29-10-8-9-11-30(29)39-33)32(38)35-27-14-12-22(3)13-15-27/h12-21H,6-11H2,1-5H3,(H,35,38). The molecule has 2 heterocycles. The number of carbonyl (C=O) groups excluding carboxylic acids is 1. The molecule has 1 aliphatic carbocycles. The minimum atomic E-state index is -0.0238. The van der Waals surface area contributed by atoms with E-state index in [4.69, 9.17) is 4.99 Å². The number of nitrogens with zero attached hydrogens (tertiary/aromatic N) is 3. The lowest BCUT2D eigenvalue weighted by molar-refractivity contribution is 0.102. The number of hydrogen-bond donors (Lipinski definition) is 1. The van der Waals surface area contributed by atoms with E-state index in [9.17, 15) is 4.79 Å². The zero-order valence-corrected chi connectivity index (χ0v) is 24.5. The molecule has 0 fully saturated rings. The highest BCUT2D eigenvalue weighted by molar-refractivity contribution is 7.15. The quantitative estimate of drug-likeness (QED) is 0.230. The number of carbonyl (C=O) groups is 1. The first-order chi connectivity index (χ1) is 18.9. The summed E-state index contributed by atoms with van der Waals surface area (Å²) in [5.74, 6) is -0.0238. The third-order valence-electron chi connectivity index (χ3n) is 7.69. The second-order valence-electron chi connectivity index (χ2n) is 10.3. The molecule has 2 aromatic carbocycles. The molecular weight excluding hydrogens is 500 g/mol. The topological polar surface area (TPSA) is 49.6 Å². The molecule has 0 saturated carbocycles. The molecule has 1 aliphatic rings. The van der Waals surface area contributed by atoms with E-state index in [0.717, 1.165) is 71.2 Å². The van der Waals surface area contributed by atoms with Gasteiger partial charge in [-0.05, 0) is 108 Å². The second kappa shape index (κ2) is 11.6. The number of hydrogen-bond acceptors (Lipinski definition) is 4. The van der Waals surface area contributed by atoms with E-state index in [-0.39, 0.29) is 5.91 Å². The third kappa shape index (κ3) is 5.57. The van der Waals surface area contributed by atoms with E-state index in [2.05, 4.69) is 79.7 Å². The summed E-state index contributed by atoms with van der Waals surface area (Å²) < 4.78 is 2.25. The van der Waals surface area contributed by atoms with Gasteiger partial charge in [-0.3, -0.25) is 9.79 Å². The summed E-state index contributed by atoms with van der Waals surface area (Å²) in [6.45, 7) is 12.6. The van der Waals surface area contributed by atoms with Gasteiger partial charge in [0.2, 0.25) is 0 Å². The molecule has 0 spiro atoms. The Morgan fingerprint density at radius 2 is 1.69 bits per heavy atom. The lowest BCUT2D eigenvalue weighted by Crippen LogP contribution is -2.21. The maximum atomic E-state index is 13.7. The van der Waals surface area contributed by atoms with E-state index in [1.54, 1.807) is 11.3 Å². The number of amides is 1. The van der Waals surface area contributed by atoms with Crippen LogP contribution < -0.4 is 10.2 Å². The van der Waals surface area contributed by atoms with Gasteiger partial charge in [0.15, 0.2) is 0 Å². The van der Waals surface area contributed by atoms with Crippen LogP contribution in [0.1, 0.15) is 70.0 Å². The summed E-state index contributed by atoms with van der Waals surface area (Å²) in [7, 11) is 0. The van der Waals surface area contributed by atoms with Gasteiger partial charge in [0.05, 0.1) is 11.3 Å². The lowest BCUT2D eigenvalue weighted by atomic mass is 9.95. The predicted octanol–water partition coefficient (Wildman–Crippen LogP) is 8.19. The van der Waals surface area contributed by atoms with Crippen LogP contribution in [-0.4, -0.2) is 29.8 Å². The Hall–Kier alpha value is -3.64. The molecule has 1 amide bonds. The van der Waals surface area contributed by atoms with Gasteiger partial charge in [-0.2, -0.15) is 0 Å². The minimum absolute atomic E-state index is 0.0238. The maximum Gasteiger partial charge on any atom is 0.258 e. The van der Waals surface area contributed by atoms with E-state index < -0.39 is 0 Å². The molecule has 1 N–H and O–H groups in total. The molecule has 2 aromatic heterocycles. The third-order valence-corrected chi connectivity index (χ3v) is 8.97. The van der Waals surface area contributed by atoms with Gasteiger partial charge in [0.1, 0.15) is 5.00 Å². The number of aryl methyl sites for hydroxylation is 3. The van der Waals surface area contributed by atoms with Crippen molar-refractivity contribution in [2.75, 3.05) is 23.3 Å². The predicted molar refractivity (Wildman–Crippen MR) is 166 cm³/mol. The first-order valence-electron chi connectivity index (χ1n) is 14.0. The van der Waals surface area contributed by atoms with Crippen molar-refractivity contribution < 1.29 is 4.79 Å². The molecule has 202 valence electrons. The Morgan fingerprint density at radius 1 is 1.00 bits per heavy atom. The molecule has 0 bridgehead atoms. The summed E-state index contributed by atoms with van der Waals surface area (Å²) in [4.78, 5) is 22.2. The molecule has 0 atom stereocenters. The Labute approximate surface area is 236 Å². The number of thiophene rings is 1. The van der Waals surface area contributed by atoms with Gasteiger partial charge >= 0.3 is 0 Å². The normalized spacial score (nSPS) is 13.1. The monoisotopic (exact) mass is 538 g/mol. The molecule has 0 saturated heterocycles. The van der Waals surface area contributed by atoms with Crippen LogP contribution in [0.15, 0.2) is 59.6 Å². The number of aliphatic imine (C=N–C) groups is 1.